The second-order valence-electron chi connectivity index (χ2n) is 6.54. The molecular formula is C16H28N4O2S. The number of aryl methyl sites for hydroxylation is 1. The van der Waals surface area contributed by atoms with E-state index in [1.54, 1.807) is 0 Å². The number of aliphatic hydroxyl groups excluding tert-OH is 1. The minimum absolute atomic E-state index is 0.130. The Bertz CT molecular complexity index is 500. The maximum absolute atomic E-state index is 11.9. The molecular weight excluding hydrogens is 312 g/mol. The van der Waals surface area contributed by atoms with Crippen molar-refractivity contribution in [3.05, 3.63) is 16.1 Å². The lowest BCUT2D eigenvalue weighted by atomic mass is 9.99. The van der Waals surface area contributed by atoms with Crippen LogP contribution in [-0.2, 0) is 0 Å². The summed E-state index contributed by atoms with van der Waals surface area (Å²) in [6.45, 7) is 9.06. The first-order valence-corrected chi connectivity index (χ1v) is 9.18. The Morgan fingerprint density at radius 3 is 2.83 bits per heavy atom. The molecule has 2 amide bonds. The number of thiazole rings is 1. The van der Waals surface area contributed by atoms with E-state index in [4.69, 9.17) is 0 Å². The van der Waals surface area contributed by atoms with E-state index in [-0.39, 0.29) is 18.6 Å². The molecule has 0 saturated carbocycles. The molecule has 3 N–H and O–H groups in total. The molecule has 1 aliphatic heterocycles. The average molecular weight is 340 g/mol. The number of hydrogen-bond donors (Lipinski definition) is 3. The second-order valence-corrected chi connectivity index (χ2v) is 7.43. The van der Waals surface area contributed by atoms with Gasteiger partial charge in [-0.25, -0.2) is 9.78 Å². The first-order valence-electron chi connectivity index (χ1n) is 8.31. The van der Waals surface area contributed by atoms with Crippen LogP contribution in [0.15, 0.2) is 5.38 Å². The van der Waals surface area contributed by atoms with Crippen LogP contribution in [0.2, 0.25) is 0 Å². The lowest BCUT2D eigenvalue weighted by molar-refractivity contribution is 0.0919. The molecule has 7 heteroatoms. The standard InChI is InChI=1S/C16H28N4O2S/c1-11-4-6-20(7-5-11)9-14(21)8-17-16(22)19-13(3)15-18-12(2)10-23-15/h10-11,13-14,21H,4-9H2,1-3H3,(H2,17,19,22). The zero-order chi connectivity index (χ0) is 16.8. The van der Waals surface area contributed by atoms with Crippen molar-refractivity contribution in [2.45, 2.75) is 45.8 Å². The quantitative estimate of drug-likeness (QED) is 0.739. The summed E-state index contributed by atoms with van der Waals surface area (Å²) in [6, 6.07) is -0.397. The lowest BCUT2D eigenvalue weighted by Gasteiger charge is -2.31. The van der Waals surface area contributed by atoms with E-state index >= 15 is 0 Å². The van der Waals surface area contributed by atoms with Crippen LogP contribution >= 0.6 is 11.3 Å². The number of rotatable bonds is 6. The molecule has 2 atom stereocenters. The smallest absolute Gasteiger partial charge is 0.315 e. The van der Waals surface area contributed by atoms with Gasteiger partial charge in [0, 0.05) is 24.2 Å². The number of nitrogens with zero attached hydrogens (tertiary/aromatic N) is 2. The van der Waals surface area contributed by atoms with Crippen LogP contribution < -0.4 is 10.6 Å². The largest absolute Gasteiger partial charge is 0.390 e. The molecule has 1 saturated heterocycles. The van der Waals surface area contributed by atoms with Crippen molar-refractivity contribution in [1.29, 1.82) is 0 Å². The molecule has 0 radical (unpaired) electrons. The highest BCUT2D eigenvalue weighted by atomic mass is 32.1. The van der Waals surface area contributed by atoms with Crippen LogP contribution in [-0.4, -0.2) is 53.3 Å². The molecule has 0 spiro atoms. The van der Waals surface area contributed by atoms with Gasteiger partial charge in [-0.2, -0.15) is 0 Å². The van der Waals surface area contributed by atoms with Gasteiger partial charge in [0.2, 0.25) is 0 Å². The van der Waals surface area contributed by atoms with Crippen LogP contribution in [0.5, 0.6) is 0 Å². The van der Waals surface area contributed by atoms with Gasteiger partial charge in [0.25, 0.3) is 0 Å². The molecule has 0 aliphatic carbocycles. The number of amides is 2. The van der Waals surface area contributed by atoms with Crippen LogP contribution in [0.25, 0.3) is 0 Å². The summed E-state index contributed by atoms with van der Waals surface area (Å²) in [7, 11) is 0. The van der Waals surface area contributed by atoms with Crippen molar-refractivity contribution < 1.29 is 9.90 Å². The number of nitrogens with one attached hydrogen (secondary N) is 2. The molecule has 23 heavy (non-hydrogen) atoms. The van der Waals surface area contributed by atoms with E-state index in [2.05, 4.69) is 27.4 Å². The van der Waals surface area contributed by atoms with Crippen LogP contribution in [0.1, 0.15) is 43.4 Å². The third-order valence-corrected chi connectivity index (χ3v) is 5.34. The Labute approximate surface area is 142 Å². The molecule has 0 bridgehead atoms. The Morgan fingerprint density at radius 2 is 2.22 bits per heavy atom. The number of likely N-dealkylation sites (tertiary alicyclic amines) is 1. The minimum atomic E-state index is -0.536. The summed E-state index contributed by atoms with van der Waals surface area (Å²) in [5, 5.41) is 18.5. The second kappa shape index (κ2) is 8.61. The van der Waals surface area contributed by atoms with Gasteiger partial charge in [-0.3, -0.25) is 0 Å². The van der Waals surface area contributed by atoms with E-state index in [0.717, 1.165) is 29.7 Å². The van der Waals surface area contributed by atoms with Crippen molar-refractivity contribution in [1.82, 2.24) is 20.5 Å². The van der Waals surface area contributed by atoms with Crippen molar-refractivity contribution in [3.63, 3.8) is 0 Å². The van der Waals surface area contributed by atoms with Gasteiger partial charge < -0.3 is 20.6 Å². The highest BCUT2D eigenvalue weighted by Gasteiger charge is 2.19. The summed E-state index contributed by atoms with van der Waals surface area (Å²) >= 11 is 1.54. The number of aromatic nitrogens is 1. The first-order chi connectivity index (χ1) is 10.9. The molecule has 1 aromatic heterocycles. The van der Waals surface area contributed by atoms with Gasteiger partial charge in [0.1, 0.15) is 5.01 Å². The van der Waals surface area contributed by atoms with Crippen molar-refractivity contribution >= 4 is 17.4 Å². The van der Waals surface area contributed by atoms with E-state index < -0.39 is 6.10 Å². The van der Waals surface area contributed by atoms with E-state index in [1.807, 2.05) is 19.2 Å². The normalized spacial score (nSPS) is 19.3. The van der Waals surface area contributed by atoms with Gasteiger partial charge in [-0.05, 0) is 45.7 Å². The van der Waals surface area contributed by atoms with Crippen LogP contribution in [0.4, 0.5) is 4.79 Å². The van der Waals surface area contributed by atoms with Gasteiger partial charge in [-0.1, -0.05) is 6.92 Å². The molecule has 2 rings (SSSR count). The minimum Gasteiger partial charge on any atom is -0.390 e. The van der Waals surface area contributed by atoms with Gasteiger partial charge in [0.05, 0.1) is 12.1 Å². The van der Waals surface area contributed by atoms with Gasteiger partial charge >= 0.3 is 6.03 Å². The maximum Gasteiger partial charge on any atom is 0.315 e. The number of carbonyl (C=O) groups excluding carboxylic acids is 1. The number of carbonyl (C=O) groups is 1. The van der Waals surface area contributed by atoms with E-state index in [0.29, 0.717) is 6.54 Å². The maximum atomic E-state index is 11.9. The van der Waals surface area contributed by atoms with Crippen LogP contribution in [0, 0.1) is 12.8 Å². The summed E-state index contributed by atoms with van der Waals surface area (Å²) in [4.78, 5) is 18.5. The Balaban J connectivity index is 1.65. The summed E-state index contributed by atoms with van der Waals surface area (Å²) in [6.07, 6.45) is 1.84. The molecule has 6 nitrogen and oxygen atoms in total. The topological polar surface area (TPSA) is 77.5 Å². The molecule has 2 unspecified atom stereocenters. The Hall–Kier alpha value is -1.18. The number of aliphatic hydroxyl groups is 1. The fraction of sp³-hybridized carbons (Fsp3) is 0.750. The summed E-state index contributed by atoms with van der Waals surface area (Å²) in [5.74, 6) is 0.781. The van der Waals surface area contributed by atoms with Crippen molar-refractivity contribution in [2.24, 2.45) is 5.92 Å². The molecule has 1 fully saturated rings. The zero-order valence-corrected chi connectivity index (χ0v) is 15.0. The predicted molar refractivity (Wildman–Crippen MR) is 92.6 cm³/mol. The number of piperidine rings is 1. The average Bonchev–Trinajstić information content (AvgIpc) is 2.94. The monoisotopic (exact) mass is 340 g/mol. The highest BCUT2D eigenvalue weighted by molar-refractivity contribution is 7.09. The first kappa shape index (κ1) is 18.2. The number of hydrogen-bond acceptors (Lipinski definition) is 5. The van der Waals surface area contributed by atoms with Gasteiger partial charge in [0.15, 0.2) is 0 Å². The lowest BCUT2D eigenvalue weighted by Crippen LogP contribution is -2.45. The third-order valence-electron chi connectivity index (χ3n) is 4.20. The summed E-state index contributed by atoms with van der Waals surface area (Å²) in [5.41, 5.74) is 0.963. The SMILES string of the molecule is Cc1csc(C(C)NC(=O)NCC(O)CN2CCC(C)CC2)n1. The third kappa shape index (κ3) is 6.08. The van der Waals surface area contributed by atoms with Crippen LogP contribution in [0.3, 0.4) is 0 Å². The molecule has 2 heterocycles. The summed E-state index contributed by atoms with van der Waals surface area (Å²) < 4.78 is 0. The van der Waals surface area contributed by atoms with E-state index in [1.165, 1.54) is 24.2 Å². The van der Waals surface area contributed by atoms with Crippen molar-refractivity contribution in [2.75, 3.05) is 26.2 Å². The molecule has 0 aromatic carbocycles. The number of urea groups is 1. The van der Waals surface area contributed by atoms with Crippen molar-refractivity contribution in [3.8, 4) is 0 Å². The fourth-order valence-corrected chi connectivity index (χ4v) is 3.50. The Morgan fingerprint density at radius 1 is 1.52 bits per heavy atom. The number of β-amino-alcohol motifs (C(OH)–C–C–N with tert-alkyl or cyclic N) is 1. The molecule has 1 aromatic rings. The molecule has 130 valence electrons. The van der Waals surface area contributed by atoms with Gasteiger partial charge in [-0.15, -0.1) is 11.3 Å². The van der Waals surface area contributed by atoms with E-state index in [9.17, 15) is 9.90 Å². The zero-order valence-electron chi connectivity index (χ0n) is 14.2. The molecule has 1 aliphatic rings. The fourth-order valence-electron chi connectivity index (χ4n) is 2.70. The highest BCUT2D eigenvalue weighted by Crippen LogP contribution is 2.17. The Kier molecular flexibility index (Phi) is 6.80. The predicted octanol–water partition coefficient (Wildman–Crippen LogP) is 1.90.